The van der Waals surface area contributed by atoms with Gasteiger partial charge in [-0.3, -0.25) is 4.79 Å². The molecular weight excluding hydrogens is 240 g/mol. The van der Waals surface area contributed by atoms with Gasteiger partial charge in [-0.2, -0.15) is 0 Å². The van der Waals surface area contributed by atoms with E-state index in [-0.39, 0.29) is 0 Å². The number of ether oxygens (including phenoxy) is 1. The SMILES string of the molecule is Nc1ccc(OCCCN2CCCCCC2=O)cc1. The summed E-state index contributed by atoms with van der Waals surface area (Å²) in [6.45, 7) is 2.34. The minimum atomic E-state index is 0.296. The van der Waals surface area contributed by atoms with E-state index in [1.807, 2.05) is 29.2 Å². The molecule has 0 radical (unpaired) electrons. The highest BCUT2D eigenvalue weighted by atomic mass is 16.5. The highest BCUT2D eigenvalue weighted by Gasteiger charge is 2.15. The van der Waals surface area contributed by atoms with Crippen molar-refractivity contribution >= 4 is 11.6 Å². The first-order valence-electron chi connectivity index (χ1n) is 7.02. The van der Waals surface area contributed by atoms with Gasteiger partial charge in [-0.1, -0.05) is 6.42 Å². The molecule has 1 aliphatic heterocycles. The maximum atomic E-state index is 11.8. The van der Waals surface area contributed by atoms with E-state index in [1.54, 1.807) is 0 Å². The molecule has 4 heteroatoms. The number of hydrogen-bond acceptors (Lipinski definition) is 3. The number of nitrogens with two attached hydrogens (primary N) is 1. The number of nitrogen functional groups attached to an aromatic ring is 1. The van der Waals surface area contributed by atoms with Crippen LogP contribution in [0, 0.1) is 0 Å². The van der Waals surface area contributed by atoms with Gasteiger partial charge in [-0.05, 0) is 43.5 Å². The van der Waals surface area contributed by atoms with Crippen LogP contribution in [0.4, 0.5) is 5.69 Å². The predicted octanol–water partition coefficient (Wildman–Crippen LogP) is 2.44. The van der Waals surface area contributed by atoms with Crippen LogP contribution in [0.1, 0.15) is 32.1 Å². The summed E-state index contributed by atoms with van der Waals surface area (Å²) in [6, 6.07) is 7.39. The number of amides is 1. The first-order chi connectivity index (χ1) is 9.25. The van der Waals surface area contributed by atoms with E-state index in [0.717, 1.165) is 43.8 Å². The highest BCUT2D eigenvalue weighted by Crippen LogP contribution is 2.14. The number of hydrogen-bond donors (Lipinski definition) is 1. The molecule has 19 heavy (non-hydrogen) atoms. The molecule has 1 fully saturated rings. The Morgan fingerprint density at radius 1 is 1.16 bits per heavy atom. The van der Waals surface area contributed by atoms with Gasteiger partial charge in [0.05, 0.1) is 6.61 Å². The van der Waals surface area contributed by atoms with Crippen molar-refractivity contribution in [2.45, 2.75) is 32.1 Å². The fourth-order valence-corrected chi connectivity index (χ4v) is 2.28. The molecule has 2 rings (SSSR count). The topological polar surface area (TPSA) is 55.6 Å². The van der Waals surface area contributed by atoms with E-state index < -0.39 is 0 Å². The zero-order chi connectivity index (χ0) is 13.5. The van der Waals surface area contributed by atoms with Gasteiger partial charge in [0.15, 0.2) is 0 Å². The molecule has 1 aliphatic rings. The van der Waals surface area contributed by atoms with Crippen LogP contribution in [0.2, 0.25) is 0 Å². The van der Waals surface area contributed by atoms with Gasteiger partial charge in [0.2, 0.25) is 5.91 Å². The van der Waals surface area contributed by atoms with Crippen molar-refractivity contribution in [3.8, 4) is 5.75 Å². The Kier molecular flexibility index (Phi) is 5.07. The van der Waals surface area contributed by atoms with Crippen LogP contribution in [0.15, 0.2) is 24.3 Å². The molecule has 1 heterocycles. The van der Waals surface area contributed by atoms with Gasteiger partial charge in [-0.25, -0.2) is 0 Å². The summed E-state index contributed by atoms with van der Waals surface area (Å²) in [5, 5.41) is 0. The summed E-state index contributed by atoms with van der Waals surface area (Å²) in [5.41, 5.74) is 6.35. The Balaban J connectivity index is 1.68. The van der Waals surface area contributed by atoms with Crippen molar-refractivity contribution in [2.75, 3.05) is 25.4 Å². The van der Waals surface area contributed by atoms with Gasteiger partial charge in [-0.15, -0.1) is 0 Å². The van der Waals surface area contributed by atoms with Crippen LogP contribution in [0.25, 0.3) is 0 Å². The quantitative estimate of drug-likeness (QED) is 0.655. The van der Waals surface area contributed by atoms with Crippen molar-refractivity contribution < 1.29 is 9.53 Å². The Labute approximate surface area is 114 Å². The highest BCUT2D eigenvalue weighted by molar-refractivity contribution is 5.76. The fraction of sp³-hybridized carbons (Fsp3) is 0.533. The first kappa shape index (κ1) is 13.7. The third-order valence-corrected chi connectivity index (χ3v) is 3.39. The normalized spacial score (nSPS) is 16.2. The Hall–Kier alpha value is -1.71. The molecule has 0 saturated carbocycles. The second-order valence-electron chi connectivity index (χ2n) is 4.96. The lowest BCUT2D eigenvalue weighted by atomic mass is 10.2. The van der Waals surface area contributed by atoms with Crippen LogP contribution in [0.3, 0.4) is 0 Å². The minimum Gasteiger partial charge on any atom is -0.494 e. The number of anilines is 1. The molecule has 2 N–H and O–H groups in total. The zero-order valence-corrected chi connectivity index (χ0v) is 11.3. The van der Waals surface area contributed by atoms with Crippen LogP contribution < -0.4 is 10.5 Å². The molecule has 1 saturated heterocycles. The first-order valence-corrected chi connectivity index (χ1v) is 7.02. The van der Waals surface area contributed by atoms with Gasteiger partial charge < -0.3 is 15.4 Å². The van der Waals surface area contributed by atoms with Gasteiger partial charge >= 0.3 is 0 Å². The molecule has 0 aromatic heterocycles. The number of carbonyl (C=O) groups is 1. The van der Waals surface area contributed by atoms with Crippen LogP contribution in [-0.4, -0.2) is 30.5 Å². The second-order valence-corrected chi connectivity index (χ2v) is 4.96. The average Bonchev–Trinajstić information content (AvgIpc) is 2.62. The molecule has 1 aromatic rings. The number of rotatable bonds is 5. The molecule has 0 aliphatic carbocycles. The average molecular weight is 262 g/mol. The number of benzene rings is 1. The second kappa shape index (κ2) is 7.02. The standard InChI is InChI=1S/C15H22N2O2/c16-13-6-8-14(9-7-13)19-12-4-11-17-10-3-1-2-5-15(17)18/h6-9H,1-5,10-12,16H2. The van der Waals surface area contributed by atoms with Crippen LogP contribution in [0.5, 0.6) is 5.75 Å². The van der Waals surface area contributed by atoms with E-state index in [4.69, 9.17) is 10.5 Å². The molecule has 4 nitrogen and oxygen atoms in total. The van der Waals surface area contributed by atoms with Gasteiger partial charge in [0.25, 0.3) is 0 Å². The van der Waals surface area contributed by atoms with E-state index in [9.17, 15) is 4.79 Å². The van der Waals surface area contributed by atoms with Crippen molar-refractivity contribution in [1.82, 2.24) is 4.90 Å². The zero-order valence-electron chi connectivity index (χ0n) is 11.3. The molecule has 0 bridgehead atoms. The van der Waals surface area contributed by atoms with Gasteiger partial charge in [0, 0.05) is 25.2 Å². The summed E-state index contributed by atoms with van der Waals surface area (Å²) in [5.74, 6) is 1.13. The Morgan fingerprint density at radius 2 is 1.95 bits per heavy atom. The van der Waals surface area contributed by atoms with E-state index in [0.29, 0.717) is 18.9 Å². The summed E-state index contributed by atoms with van der Waals surface area (Å²) in [4.78, 5) is 13.8. The summed E-state index contributed by atoms with van der Waals surface area (Å²) in [7, 11) is 0. The Morgan fingerprint density at radius 3 is 2.74 bits per heavy atom. The lowest BCUT2D eigenvalue weighted by Crippen LogP contribution is -2.31. The molecule has 1 amide bonds. The third kappa shape index (κ3) is 4.47. The summed E-state index contributed by atoms with van der Waals surface area (Å²) >= 11 is 0. The van der Waals surface area contributed by atoms with Crippen molar-refractivity contribution in [2.24, 2.45) is 0 Å². The van der Waals surface area contributed by atoms with E-state index in [2.05, 4.69) is 0 Å². The molecule has 0 spiro atoms. The molecule has 0 unspecified atom stereocenters. The molecule has 104 valence electrons. The maximum absolute atomic E-state index is 11.8. The number of nitrogens with zero attached hydrogens (tertiary/aromatic N) is 1. The fourth-order valence-electron chi connectivity index (χ4n) is 2.28. The predicted molar refractivity (Wildman–Crippen MR) is 76.0 cm³/mol. The third-order valence-electron chi connectivity index (χ3n) is 3.39. The van der Waals surface area contributed by atoms with Crippen LogP contribution in [-0.2, 0) is 4.79 Å². The lowest BCUT2D eigenvalue weighted by molar-refractivity contribution is -0.130. The summed E-state index contributed by atoms with van der Waals surface area (Å²) < 4.78 is 5.63. The van der Waals surface area contributed by atoms with Crippen LogP contribution >= 0.6 is 0 Å². The van der Waals surface area contributed by atoms with Crippen molar-refractivity contribution in [1.29, 1.82) is 0 Å². The monoisotopic (exact) mass is 262 g/mol. The van der Waals surface area contributed by atoms with Crippen molar-refractivity contribution in [3.63, 3.8) is 0 Å². The Bertz CT molecular complexity index is 403. The van der Waals surface area contributed by atoms with E-state index >= 15 is 0 Å². The lowest BCUT2D eigenvalue weighted by Gasteiger charge is -2.20. The maximum Gasteiger partial charge on any atom is 0.222 e. The largest absolute Gasteiger partial charge is 0.494 e. The molecule has 0 atom stereocenters. The van der Waals surface area contributed by atoms with Crippen molar-refractivity contribution in [3.05, 3.63) is 24.3 Å². The molecule has 1 aromatic carbocycles. The number of carbonyl (C=O) groups excluding carboxylic acids is 1. The summed E-state index contributed by atoms with van der Waals surface area (Å²) in [6.07, 6.45) is 4.92. The minimum absolute atomic E-state index is 0.296. The number of likely N-dealkylation sites (tertiary alicyclic amines) is 1. The smallest absolute Gasteiger partial charge is 0.222 e. The van der Waals surface area contributed by atoms with Gasteiger partial charge in [0.1, 0.15) is 5.75 Å². The molecular formula is C15H22N2O2. The van der Waals surface area contributed by atoms with E-state index in [1.165, 1.54) is 6.42 Å².